The van der Waals surface area contributed by atoms with E-state index < -0.39 is 12.0 Å². The van der Waals surface area contributed by atoms with Crippen LogP contribution >= 0.6 is 0 Å². The number of amides is 4. The molecule has 2 heterocycles. The van der Waals surface area contributed by atoms with Crippen LogP contribution in [0.2, 0.25) is 0 Å². The summed E-state index contributed by atoms with van der Waals surface area (Å²) in [4.78, 5) is 49.0. The second-order valence-corrected chi connectivity index (χ2v) is 4.88. The first-order valence-corrected chi connectivity index (χ1v) is 5.93. The van der Waals surface area contributed by atoms with Crippen molar-refractivity contribution in [2.75, 3.05) is 33.2 Å². The Bertz CT molecular complexity index is 444. The summed E-state index contributed by atoms with van der Waals surface area (Å²) in [6.07, 6.45) is 0.0358. The van der Waals surface area contributed by atoms with E-state index in [-0.39, 0.29) is 37.2 Å². The number of likely N-dealkylation sites (tertiary alicyclic amines) is 1. The molecular weight excluding hydrogens is 254 g/mol. The number of carboxylic acid groups (broad SMARTS) is 1. The summed E-state index contributed by atoms with van der Waals surface area (Å²) in [5, 5.41) is 8.60. The Hall–Kier alpha value is -2.12. The average Bonchev–Trinajstić information content (AvgIpc) is 2.49. The Morgan fingerprint density at radius 3 is 2.42 bits per heavy atom. The van der Waals surface area contributed by atoms with Gasteiger partial charge in [0.2, 0.25) is 5.91 Å². The molecule has 0 atom stereocenters. The third-order valence-corrected chi connectivity index (χ3v) is 3.30. The summed E-state index contributed by atoms with van der Waals surface area (Å²) in [5.74, 6) is -1.63. The molecule has 8 nitrogen and oxygen atoms in total. The number of carbonyl (C=O) groups excluding carboxylic acids is 3. The minimum atomic E-state index is -0.886. The molecule has 0 radical (unpaired) electrons. The van der Waals surface area contributed by atoms with Gasteiger partial charge in [-0.25, -0.2) is 4.79 Å². The van der Waals surface area contributed by atoms with Gasteiger partial charge < -0.3 is 14.9 Å². The molecule has 2 fully saturated rings. The number of carbonyl (C=O) groups is 4. The van der Waals surface area contributed by atoms with Crippen LogP contribution in [0, 0.1) is 5.92 Å². The van der Waals surface area contributed by atoms with E-state index in [1.165, 1.54) is 16.8 Å². The molecule has 104 valence electrons. The zero-order valence-corrected chi connectivity index (χ0v) is 10.5. The van der Waals surface area contributed by atoms with Crippen LogP contribution in [-0.2, 0) is 14.4 Å². The lowest BCUT2D eigenvalue weighted by atomic mass is 9.96. The summed E-state index contributed by atoms with van der Waals surface area (Å²) < 4.78 is 0. The Balaban J connectivity index is 1.82. The molecule has 1 N–H and O–H groups in total. The highest BCUT2D eigenvalue weighted by molar-refractivity contribution is 6.04. The van der Waals surface area contributed by atoms with E-state index in [1.54, 1.807) is 0 Å². The summed E-state index contributed by atoms with van der Waals surface area (Å²) >= 11 is 0. The molecule has 2 aliphatic heterocycles. The van der Waals surface area contributed by atoms with E-state index in [1.807, 2.05) is 0 Å². The second-order valence-electron chi connectivity index (χ2n) is 4.88. The van der Waals surface area contributed by atoms with Crippen LogP contribution in [-0.4, -0.2) is 76.8 Å². The SMILES string of the molecule is CN1CC(=O)N(CC(=O)N2CC(CC(=O)O)C2)C1=O. The average molecular weight is 269 g/mol. The molecule has 0 aromatic rings. The van der Waals surface area contributed by atoms with Crippen molar-refractivity contribution < 1.29 is 24.3 Å². The number of aliphatic carboxylic acids is 1. The van der Waals surface area contributed by atoms with Crippen molar-refractivity contribution in [2.45, 2.75) is 6.42 Å². The zero-order chi connectivity index (χ0) is 14.2. The summed E-state index contributed by atoms with van der Waals surface area (Å²) in [6, 6.07) is -0.471. The van der Waals surface area contributed by atoms with Gasteiger partial charge >= 0.3 is 12.0 Å². The molecule has 0 bridgehead atoms. The number of hydrogen-bond donors (Lipinski definition) is 1. The number of imide groups is 1. The van der Waals surface area contributed by atoms with Gasteiger partial charge in [0.05, 0.1) is 6.42 Å². The maximum absolute atomic E-state index is 11.8. The Morgan fingerprint density at radius 2 is 1.95 bits per heavy atom. The Labute approximate surface area is 109 Å². The third-order valence-electron chi connectivity index (χ3n) is 3.30. The molecule has 8 heteroatoms. The van der Waals surface area contributed by atoms with Gasteiger partial charge in [0, 0.05) is 26.1 Å². The zero-order valence-electron chi connectivity index (χ0n) is 10.5. The van der Waals surface area contributed by atoms with Crippen LogP contribution in [0.1, 0.15) is 6.42 Å². The summed E-state index contributed by atoms with van der Waals surface area (Å²) in [6.45, 7) is 0.476. The van der Waals surface area contributed by atoms with Crippen LogP contribution in [0.4, 0.5) is 4.79 Å². The number of nitrogens with zero attached hydrogens (tertiary/aromatic N) is 3. The van der Waals surface area contributed by atoms with Crippen LogP contribution in [0.5, 0.6) is 0 Å². The highest BCUT2D eigenvalue weighted by Gasteiger charge is 2.38. The standard InChI is InChI=1S/C11H15N3O5/c1-12-5-9(16)14(11(12)19)6-8(15)13-3-7(4-13)2-10(17)18/h7H,2-6H2,1H3,(H,17,18). The lowest BCUT2D eigenvalue weighted by Gasteiger charge is -2.39. The van der Waals surface area contributed by atoms with Crippen LogP contribution in [0.15, 0.2) is 0 Å². The first-order valence-electron chi connectivity index (χ1n) is 5.93. The largest absolute Gasteiger partial charge is 0.481 e. The van der Waals surface area contributed by atoms with E-state index in [2.05, 4.69) is 0 Å². The minimum absolute atomic E-state index is 0.00620. The molecule has 0 aromatic heterocycles. The predicted octanol–water partition coefficient (Wildman–Crippen LogP) is -1.19. The fraction of sp³-hybridized carbons (Fsp3) is 0.636. The van der Waals surface area contributed by atoms with Crippen LogP contribution < -0.4 is 0 Å². The maximum atomic E-state index is 11.8. The highest BCUT2D eigenvalue weighted by Crippen LogP contribution is 2.19. The van der Waals surface area contributed by atoms with E-state index in [9.17, 15) is 19.2 Å². The van der Waals surface area contributed by atoms with Crippen molar-refractivity contribution in [1.82, 2.24) is 14.7 Å². The molecule has 0 aromatic carbocycles. The van der Waals surface area contributed by atoms with Crippen molar-refractivity contribution >= 4 is 23.8 Å². The third kappa shape index (κ3) is 2.67. The Kier molecular flexibility index (Phi) is 3.41. The molecule has 2 aliphatic rings. The molecular formula is C11H15N3O5. The maximum Gasteiger partial charge on any atom is 0.327 e. The van der Waals surface area contributed by atoms with Gasteiger partial charge in [0.1, 0.15) is 13.1 Å². The minimum Gasteiger partial charge on any atom is -0.481 e. The number of likely N-dealkylation sites (N-methyl/N-ethyl adjacent to an activating group) is 1. The van der Waals surface area contributed by atoms with E-state index in [0.717, 1.165) is 4.90 Å². The molecule has 0 saturated carbocycles. The number of hydrogen-bond acceptors (Lipinski definition) is 4. The van der Waals surface area contributed by atoms with Gasteiger partial charge in [0.25, 0.3) is 5.91 Å². The highest BCUT2D eigenvalue weighted by atomic mass is 16.4. The van der Waals surface area contributed by atoms with E-state index in [0.29, 0.717) is 13.1 Å². The molecule has 19 heavy (non-hydrogen) atoms. The molecule has 2 saturated heterocycles. The smallest absolute Gasteiger partial charge is 0.327 e. The van der Waals surface area contributed by atoms with Crippen molar-refractivity contribution in [3.05, 3.63) is 0 Å². The first-order chi connectivity index (χ1) is 8.88. The second kappa shape index (κ2) is 4.87. The Morgan fingerprint density at radius 1 is 1.32 bits per heavy atom. The van der Waals surface area contributed by atoms with Crippen LogP contribution in [0.25, 0.3) is 0 Å². The number of urea groups is 1. The van der Waals surface area contributed by atoms with Crippen molar-refractivity contribution in [3.8, 4) is 0 Å². The van der Waals surface area contributed by atoms with Crippen molar-refractivity contribution in [1.29, 1.82) is 0 Å². The van der Waals surface area contributed by atoms with Gasteiger partial charge in [-0.15, -0.1) is 0 Å². The number of rotatable bonds is 4. The lowest BCUT2D eigenvalue weighted by molar-refractivity contribution is -0.146. The normalized spacial score (nSPS) is 19.9. The van der Waals surface area contributed by atoms with Gasteiger partial charge in [-0.3, -0.25) is 19.3 Å². The molecule has 4 amide bonds. The molecule has 2 rings (SSSR count). The predicted molar refractivity (Wildman–Crippen MR) is 62.1 cm³/mol. The van der Waals surface area contributed by atoms with Gasteiger partial charge in [-0.1, -0.05) is 0 Å². The summed E-state index contributed by atoms with van der Waals surface area (Å²) in [7, 11) is 1.50. The molecule has 0 spiro atoms. The van der Waals surface area contributed by atoms with E-state index in [4.69, 9.17) is 5.11 Å². The lowest BCUT2D eigenvalue weighted by Crippen LogP contribution is -2.54. The first kappa shape index (κ1) is 13.3. The van der Waals surface area contributed by atoms with Crippen molar-refractivity contribution in [2.24, 2.45) is 5.92 Å². The van der Waals surface area contributed by atoms with Gasteiger partial charge in [-0.2, -0.15) is 0 Å². The van der Waals surface area contributed by atoms with Gasteiger partial charge in [0.15, 0.2) is 0 Å². The van der Waals surface area contributed by atoms with E-state index >= 15 is 0 Å². The van der Waals surface area contributed by atoms with Gasteiger partial charge in [-0.05, 0) is 0 Å². The topological polar surface area (TPSA) is 98.2 Å². The number of carboxylic acids is 1. The fourth-order valence-corrected chi connectivity index (χ4v) is 2.21. The van der Waals surface area contributed by atoms with Crippen molar-refractivity contribution in [3.63, 3.8) is 0 Å². The monoisotopic (exact) mass is 269 g/mol. The van der Waals surface area contributed by atoms with Crippen LogP contribution in [0.3, 0.4) is 0 Å². The molecule has 0 unspecified atom stereocenters. The fourth-order valence-electron chi connectivity index (χ4n) is 2.21. The summed E-state index contributed by atoms with van der Waals surface area (Å²) in [5.41, 5.74) is 0. The molecule has 0 aliphatic carbocycles. The quantitative estimate of drug-likeness (QED) is 0.647.